The van der Waals surface area contributed by atoms with E-state index in [9.17, 15) is 13.6 Å². The van der Waals surface area contributed by atoms with Gasteiger partial charge in [0.2, 0.25) is 5.91 Å². The van der Waals surface area contributed by atoms with Crippen LogP contribution in [0, 0.1) is 6.92 Å². The molecule has 1 saturated heterocycles. The molecule has 30 heavy (non-hydrogen) atoms. The molecule has 170 valence electrons. The van der Waals surface area contributed by atoms with Crippen molar-refractivity contribution in [3.63, 3.8) is 0 Å². The van der Waals surface area contributed by atoms with E-state index in [1.807, 2.05) is 18.7 Å². The number of ether oxygens (including phenoxy) is 1. The Balaban J connectivity index is 0.00000450. The Kier molecular flexibility index (Phi) is 12.6. The van der Waals surface area contributed by atoms with Crippen molar-refractivity contribution in [1.82, 2.24) is 15.5 Å². The zero-order valence-corrected chi connectivity index (χ0v) is 20.1. The van der Waals surface area contributed by atoms with Crippen LogP contribution in [0.4, 0.5) is 8.78 Å². The van der Waals surface area contributed by atoms with Gasteiger partial charge in [-0.15, -0.1) is 24.0 Å². The quantitative estimate of drug-likeness (QED) is 0.216. The number of amides is 1. The van der Waals surface area contributed by atoms with E-state index in [0.29, 0.717) is 31.0 Å². The molecular formula is C21H33F2IN4O2. The Labute approximate surface area is 194 Å². The number of nitrogens with zero attached hydrogens (tertiary/aromatic N) is 2. The zero-order chi connectivity index (χ0) is 21.1. The summed E-state index contributed by atoms with van der Waals surface area (Å²) in [5, 5.41) is 6.40. The Morgan fingerprint density at radius 2 is 2.07 bits per heavy atom. The second-order valence-corrected chi connectivity index (χ2v) is 7.16. The first kappa shape index (κ1) is 26.4. The number of aliphatic imine (C=N–C) groups is 1. The first-order chi connectivity index (χ1) is 14.0. The number of carbonyl (C=O) groups is 1. The largest absolute Gasteiger partial charge is 0.434 e. The van der Waals surface area contributed by atoms with Crippen molar-refractivity contribution in [2.45, 2.75) is 59.1 Å². The standard InChI is InChI=1S/C21H32F2N4O2.HI/c1-3-24-21(25-11-7-13-27-12-6-4-5-8-19(27)28)26-15-17-14-16(2)9-10-18(17)29-20(22)23;/h9-10,14,20H,3-8,11-13,15H2,1-2H3,(H2,24,25,26);1H. The maximum atomic E-state index is 12.6. The molecule has 1 aliphatic heterocycles. The molecule has 0 radical (unpaired) electrons. The average Bonchev–Trinajstić information content (AvgIpc) is 2.88. The predicted molar refractivity (Wildman–Crippen MR) is 126 cm³/mol. The molecule has 6 nitrogen and oxygen atoms in total. The van der Waals surface area contributed by atoms with Crippen molar-refractivity contribution in [2.24, 2.45) is 4.99 Å². The minimum absolute atomic E-state index is 0. The van der Waals surface area contributed by atoms with Crippen LogP contribution >= 0.6 is 24.0 Å². The molecule has 1 aromatic carbocycles. The highest BCUT2D eigenvalue weighted by molar-refractivity contribution is 14.0. The van der Waals surface area contributed by atoms with E-state index in [-0.39, 0.29) is 42.2 Å². The van der Waals surface area contributed by atoms with Crippen LogP contribution in [0.3, 0.4) is 0 Å². The van der Waals surface area contributed by atoms with Gasteiger partial charge in [0.1, 0.15) is 5.75 Å². The SMILES string of the molecule is CCNC(=NCc1cc(C)ccc1OC(F)F)NCCCN1CCCCCC1=O.I. The number of hydrogen-bond donors (Lipinski definition) is 2. The normalized spacial score (nSPS) is 14.9. The summed E-state index contributed by atoms with van der Waals surface area (Å²) in [7, 11) is 0. The van der Waals surface area contributed by atoms with Gasteiger partial charge in [0.05, 0.1) is 6.54 Å². The Hall–Kier alpha value is -1.65. The van der Waals surface area contributed by atoms with Crippen LogP contribution in [0.25, 0.3) is 0 Å². The number of rotatable bonds is 9. The van der Waals surface area contributed by atoms with E-state index >= 15 is 0 Å². The number of nitrogens with one attached hydrogen (secondary N) is 2. The summed E-state index contributed by atoms with van der Waals surface area (Å²) in [5.41, 5.74) is 1.56. The topological polar surface area (TPSA) is 66.0 Å². The maximum Gasteiger partial charge on any atom is 0.387 e. The highest BCUT2D eigenvalue weighted by Gasteiger charge is 2.15. The molecule has 0 saturated carbocycles. The molecule has 1 aromatic rings. The van der Waals surface area contributed by atoms with Crippen LogP contribution in [-0.4, -0.2) is 49.6 Å². The third-order valence-corrected chi connectivity index (χ3v) is 4.75. The molecule has 0 unspecified atom stereocenters. The van der Waals surface area contributed by atoms with Gasteiger partial charge < -0.3 is 20.3 Å². The van der Waals surface area contributed by atoms with Gasteiger partial charge in [-0.05, 0) is 39.2 Å². The summed E-state index contributed by atoms with van der Waals surface area (Å²) in [5.74, 6) is 0.998. The number of halogens is 3. The Morgan fingerprint density at radius 1 is 1.27 bits per heavy atom. The highest BCUT2D eigenvalue weighted by atomic mass is 127. The maximum absolute atomic E-state index is 12.6. The summed E-state index contributed by atoms with van der Waals surface area (Å²) in [6.45, 7) is 4.15. The summed E-state index contributed by atoms with van der Waals surface area (Å²) in [6, 6.07) is 5.08. The first-order valence-corrected chi connectivity index (χ1v) is 10.3. The van der Waals surface area contributed by atoms with Gasteiger partial charge in [0.15, 0.2) is 5.96 Å². The molecule has 2 rings (SSSR count). The minimum Gasteiger partial charge on any atom is -0.434 e. The van der Waals surface area contributed by atoms with Gasteiger partial charge in [0.25, 0.3) is 0 Å². The lowest BCUT2D eigenvalue weighted by Crippen LogP contribution is -2.39. The van der Waals surface area contributed by atoms with Crippen LogP contribution in [0.15, 0.2) is 23.2 Å². The fraction of sp³-hybridized carbons (Fsp3) is 0.619. The first-order valence-electron chi connectivity index (χ1n) is 10.3. The van der Waals surface area contributed by atoms with E-state index in [2.05, 4.69) is 20.4 Å². The van der Waals surface area contributed by atoms with Crippen molar-refractivity contribution < 1.29 is 18.3 Å². The molecule has 1 amide bonds. The van der Waals surface area contributed by atoms with Crippen molar-refractivity contribution in [3.05, 3.63) is 29.3 Å². The number of aryl methyl sites for hydroxylation is 1. The third-order valence-electron chi connectivity index (χ3n) is 4.75. The number of likely N-dealkylation sites (tertiary alicyclic amines) is 1. The fourth-order valence-electron chi connectivity index (χ4n) is 3.30. The van der Waals surface area contributed by atoms with E-state index in [0.717, 1.165) is 44.3 Å². The monoisotopic (exact) mass is 538 g/mol. The smallest absolute Gasteiger partial charge is 0.387 e. The Morgan fingerprint density at radius 3 is 2.80 bits per heavy atom. The van der Waals surface area contributed by atoms with Crippen molar-refractivity contribution in [2.75, 3.05) is 26.2 Å². The van der Waals surface area contributed by atoms with E-state index in [4.69, 9.17) is 0 Å². The summed E-state index contributed by atoms with van der Waals surface area (Å²) in [6.07, 6.45) is 4.65. The van der Waals surface area contributed by atoms with Gasteiger partial charge in [-0.3, -0.25) is 4.79 Å². The molecule has 9 heteroatoms. The van der Waals surface area contributed by atoms with E-state index in [1.165, 1.54) is 0 Å². The lowest BCUT2D eigenvalue weighted by atomic mass is 10.1. The van der Waals surface area contributed by atoms with Crippen molar-refractivity contribution in [3.8, 4) is 5.75 Å². The van der Waals surface area contributed by atoms with Crippen molar-refractivity contribution >= 4 is 35.8 Å². The number of carbonyl (C=O) groups excluding carboxylic acids is 1. The van der Waals surface area contributed by atoms with Gasteiger partial charge in [-0.1, -0.05) is 24.1 Å². The van der Waals surface area contributed by atoms with Crippen LogP contribution in [-0.2, 0) is 11.3 Å². The molecule has 0 bridgehead atoms. The van der Waals surface area contributed by atoms with Crippen LogP contribution < -0.4 is 15.4 Å². The highest BCUT2D eigenvalue weighted by Crippen LogP contribution is 2.22. The second-order valence-electron chi connectivity index (χ2n) is 7.16. The molecule has 0 aliphatic carbocycles. The molecular weight excluding hydrogens is 505 g/mol. The average molecular weight is 538 g/mol. The zero-order valence-electron chi connectivity index (χ0n) is 17.8. The molecule has 1 aliphatic rings. The van der Waals surface area contributed by atoms with Crippen LogP contribution in [0.1, 0.15) is 50.2 Å². The van der Waals surface area contributed by atoms with Gasteiger partial charge in [0, 0.05) is 38.2 Å². The molecule has 0 aromatic heterocycles. The summed E-state index contributed by atoms with van der Waals surface area (Å²) >= 11 is 0. The minimum atomic E-state index is -2.87. The lowest BCUT2D eigenvalue weighted by Gasteiger charge is -2.20. The number of guanidine groups is 1. The third kappa shape index (κ3) is 9.44. The summed E-state index contributed by atoms with van der Waals surface area (Å²) in [4.78, 5) is 18.5. The van der Waals surface area contributed by atoms with Gasteiger partial charge in [-0.2, -0.15) is 8.78 Å². The second kappa shape index (κ2) is 14.4. The number of alkyl halides is 2. The van der Waals surface area contributed by atoms with Crippen LogP contribution in [0.2, 0.25) is 0 Å². The van der Waals surface area contributed by atoms with E-state index in [1.54, 1.807) is 18.2 Å². The number of benzene rings is 1. The van der Waals surface area contributed by atoms with E-state index < -0.39 is 6.61 Å². The molecule has 2 N–H and O–H groups in total. The van der Waals surface area contributed by atoms with Gasteiger partial charge >= 0.3 is 6.61 Å². The molecule has 1 fully saturated rings. The lowest BCUT2D eigenvalue weighted by molar-refractivity contribution is -0.130. The predicted octanol–water partition coefficient (Wildman–Crippen LogP) is 4.06. The fourth-order valence-corrected chi connectivity index (χ4v) is 3.30. The Bertz CT molecular complexity index is 689. The molecule has 0 atom stereocenters. The number of hydrogen-bond acceptors (Lipinski definition) is 3. The molecule has 0 spiro atoms. The summed E-state index contributed by atoms with van der Waals surface area (Å²) < 4.78 is 29.8. The van der Waals surface area contributed by atoms with Crippen LogP contribution in [0.5, 0.6) is 5.75 Å². The van der Waals surface area contributed by atoms with Crippen molar-refractivity contribution in [1.29, 1.82) is 0 Å². The molecule has 1 heterocycles. The van der Waals surface area contributed by atoms with Gasteiger partial charge in [-0.25, -0.2) is 4.99 Å².